The lowest BCUT2D eigenvalue weighted by molar-refractivity contribution is 0.0254. The zero-order valence-corrected chi connectivity index (χ0v) is 22.5. The van der Waals surface area contributed by atoms with Crippen LogP contribution in [-0.4, -0.2) is 68.4 Å². The van der Waals surface area contributed by atoms with Crippen molar-refractivity contribution < 1.29 is 23.4 Å². The maximum absolute atomic E-state index is 12.7. The summed E-state index contributed by atoms with van der Waals surface area (Å²) >= 11 is 0. The van der Waals surface area contributed by atoms with Gasteiger partial charge in [0.1, 0.15) is 34.9 Å². The predicted octanol–water partition coefficient (Wildman–Crippen LogP) is 4.64. The molecular weight excluding hydrogens is 508 g/mol. The van der Waals surface area contributed by atoms with E-state index in [-0.39, 0.29) is 18.1 Å². The number of rotatable bonds is 7. The van der Waals surface area contributed by atoms with Gasteiger partial charge in [-0.15, -0.1) is 0 Å². The monoisotopic (exact) mass is 538 g/mol. The van der Waals surface area contributed by atoms with Crippen LogP contribution in [0.5, 0.6) is 11.5 Å². The molecule has 0 saturated carbocycles. The maximum Gasteiger partial charge on any atom is 0.251 e. The minimum Gasteiger partial charge on any atom is -0.496 e. The summed E-state index contributed by atoms with van der Waals surface area (Å²) in [6, 6.07) is 17.1. The first-order valence-electron chi connectivity index (χ1n) is 13.4. The summed E-state index contributed by atoms with van der Waals surface area (Å²) < 4.78 is 23.5. The maximum atomic E-state index is 12.7. The number of nitrogens with zero attached hydrogens (tertiary/aromatic N) is 3. The number of nitrogens with one attached hydrogen (secondary N) is 1. The lowest BCUT2D eigenvalue weighted by Crippen LogP contribution is -2.57. The van der Waals surface area contributed by atoms with E-state index >= 15 is 0 Å². The Morgan fingerprint density at radius 3 is 2.65 bits per heavy atom. The number of likely N-dealkylation sites (tertiary alicyclic amines) is 1. The molecule has 204 valence electrons. The van der Waals surface area contributed by atoms with Crippen molar-refractivity contribution in [3.8, 4) is 40.0 Å². The van der Waals surface area contributed by atoms with Gasteiger partial charge in [-0.05, 0) is 49.0 Å². The zero-order chi connectivity index (χ0) is 27.6. The molecule has 9 heteroatoms. The summed E-state index contributed by atoms with van der Waals surface area (Å²) in [5.74, 6) is 1.54. The molecular formula is C31H30N4O5. The van der Waals surface area contributed by atoms with Crippen molar-refractivity contribution in [3.05, 3.63) is 65.9 Å². The molecule has 0 aliphatic carbocycles. The van der Waals surface area contributed by atoms with Gasteiger partial charge < -0.3 is 28.8 Å². The van der Waals surface area contributed by atoms with E-state index in [1.165, 1.54) is 0 Å². The van der Waals surface area contributed by atoms with Gasteiger partial charge in [0.15, 0.2) is 5.58 Å². The van der Waals surface area contributed by atoms with Crippen molar-refractivity contribution in [2.45, 2.75) is 25.0 Å². The molecule has 2 saturated heterocycles. The Labute approximate surface area is 232 Å². The number of fused-ring (bicyclic) bond motifs is 1. The minimum absolute atomic E-state index is 0.0410. The standard InChI is InChI=1S/C31H30N4O5/c1-35-17-22(18-35)34-31(36)20-3-5-25(28(14-20)37-2)29-15-26-30(40-29)24(7-10-33-26)19-4-6-27(21(13-19)16-32)39-23-8-11-38-12-9-23/h3-7,10,13-15,22-23H,8-9,11-12,17-18H2,1-2H3,(H,34,36). The number of likely N-dealkylation sites (N-methyl/N-ethyl adjacent to an activating group) is 1. The van der Waals surface area contributed by atoms with E-state index in [9.17, 15) is 10.1 Å². The number of aromatic nitrogens is 1. The molecule has 2 aliphatic heterocycles. The highest BCUT2D eigenvalue weighted by Crippen LogP contribution is 2.38. The smallest absolute Gasteiger partial charge is 0.251 e. The average molecular weight is 539 g/mol. The first-order chi connectivity index (χ1) is 19.5. The minimum atomic E-state index is -0.131. The Hall–Kier alpha value is -4.39. The van der Waals surface area contributed by atoms with Gasteiger partial charge >= 0.3 is 0 Å². The second kappa shape index (κ2) is 11.0. The van der Waals surface area contributed by atoms with E-state index in [0.717, 1.165) is 37.1 Å². The van der Waals surface area contributed by atoms with Gasteiger partial charge in [-0.25, -0.2) is 0 Å². The molecule has 0 unspecified atom stereocenters. The first kappa shape index (κ1) is 25.9. The molecule has 6 rings (SSSR count). The number of nitriles is 1. The largest absolute Gasteiger partial charge is 0.496 e. The fraction of sp³-hybridized carbons (Fsp3) is 0.323. The van der Waals surface area contributed by atoms with E-state index in [4.69, 9.17) is 18.6 Å². The number of pyridine rings is 1. The molecule has 4 heterocycles. The molecule has 1 amide bonds. The van der Waals surface area contributed by atoms with Gasteiger partial charge in [-0.3, -0.25) is 9.78 Å². The third kappa shape index (κ3) is 5.11. The number of carbonyl (C=O) groups is 1. The number of methoxy groups -OCH3 is 1. The summed E-state index contributed by atoms with van der Waals surface area (Å²) in [6.45, 7) is 3.02. The lowest BCUT2D eigenvalue weighted by Gasteiger charge is -2.36. The van der Waals surface area contributed by atoms with Gasteiger partial charge in [-0.1, -0.05) is 6.07 Å². The molecule has 2 aromatic heterocycles. The zero-order valence-electron chi connectivity index (χ0n) is 22.5. The number of carbonyl (C=O) groups excluding carboxylic acids is 1. The molecule has 0 radical (unpaired) electrons. The third-order valence-corrected chi connectivity index (χ3v) is 7.41. The second-order valence-electron chi connectivity index (χ2n) is 10.2. The number of furan rings is 1. The van der Waals surface area contributed by atoms with Crippen LogP contribution in [0.15, 0.2) is 59.1 Å². The van der Waals surface area contributed by atoms with Gasteiger partial charge in [0.25, 0.3) is 5.91 Å². The van der Waals surface area contributed by atoms with Crippen LogP contribution in [0.2, 0.25) is 0 Å². The Morgan fingerprint density at radius 2 is 1.90 bits per heavy atom. The molecule has 2 aliphatic rings. The molecule has 9 nitrogen and oxygen atoms in total. The molecule has 1 N–H and O–H groups in total. The van der Waals surface area contributed by atoms with Gasteiger partial charge in [0, 0.05) is 49.3 Å². The van der Waals surface area contributed by atoms with Crippen LogP contribution in [0.3, 0.4) is 0 Å². The van der Waals surface area contributed by atoms with Gasteiger partial charge in [0.05, 0.1) is 37.5 Å². The van der Waals surface area contributed by atoms with Gasteiger partial charge in [0.2, 0.25) is 0 Å². The molecule has 4 aromatic rings. The Bertz CT molecular complexity index is 1600. The number of benzene rings is 2. The molecule has 2 aromatic carbocycles. The summed E-state index contributed by atoms with van der Waals surface area (Å²) in [5, 5.41) is 12.9. The van der Waals surface area contributed by atoms with E-state index < -0.39 is 0 Å². The number of hydrogen-bond donors (Lipinski definition) is 1. The Kier molecular flexibility index (Phi) is 7.11. The van der Waals surface area contributed by atoms with Crippen molar-refractivity contribution in [2.24, 2.45) is 0 Å². The van der Waals surface area contributed by atoms with E-state index in [0.29, 0.717) is 58.3 Å². The topological polar surface area (TPSA) is 110 Å². The van der Waals surface area contributed by atoms with Crippen LogP contribution >= 0.6 is 0 Å². The predicted molar refractivity (Wildman–Crippen MR) is 149 cm³/mol. The first-order valence-corrected chi connectivity index (χ1v) is 13.4. The lowest BCUT2D eigenvalue weighted by atomic mass is 10.0. The van der Waals surface area contributed by atoms with E-state index in [2.05, 4.69) is 21.3 Å². The fourth-order valence-corrected chi connectivity index (χ4v) is 5.25. The van der Waals surface area contributed by atoms with Crippen LogP contribution in [0, 0.1) is 11.3 Å². The third-order valence-electron chi connectivity index (χ3n) is 7.41. The van der Waals surface area contributed by atoms with Crippen LogP contribution in [0.1, 0.15) is 28.8 Å². The average Bonchev–Trinajstić information content (AvgIpc) is 3.41. The Balaban J connectivity index is 1.29. The number of ether oxygens (including phenoxy) is 3. The van der Waals surface area contributed by atoms with Crippen LogP contribution < -0.4 is 14.8 Å². The summed E-state index contributed by atoms with van der Waals surface area (Å²) in [7, 11) is 3.59. The van der Waals surface area contributed by atoms with Crippen LogP contribution in [-0.2, 0) is 4.74 Å². The van der Waals surface area contributed by atoms with Crippen molar-refractivity contribution in [3.63, 3.8) is 0 Å². The summed E-state index contributed by atoms with van der Waals surface area (Å²) in [6.07, 6.45) is 3.37. The highest BCUT2D eigenvalue weighted by molar-refractivity contribution is 5.97. The van der Waals surface area contributed by atoms with E-state index in [1.807, 2.05) is 43.4 Å². The highest BCUT2D eigenvalue weighted by Gasteiger charge is 2.26. The quantitative estimate of drug-likeness (QED) is 0.362. The molecule has 0 bridgehead atoms. The van der Waals surface area contributed by atoms with Crippen LogP contribution in [0.4, 0.5) is 0 Å². The fourth-order valence-electron chi connectivity index (χ4n) is 5.25. The summed E-state index contributed by atoms with van der Waals surface area (Å²) in [4.78, 5) is 19.4. The highest BCUT2D eigenvalue weighted by atomic mass is 16.5. The van der Waals surface area contributed by atoms with Crippen molar-refractivity contribution in [1.82, 2.24) is 15.2 Å². The molecule has 40 heavy (non-hydrogen) atoms. The second-order valence-corrected chi connectivity index (χ2v) is 10.2. The van der Waals surface area contributed by atoms with Crippen LogP contribution in [0.25, 0.3) is 33.6 Å². The van der Waals surface area contributed by atoms with Crippen molar-refractivity contribution >= 4 is 17.0 Å². The summed E-state index contributed by atoms with van der Waals surface area (Å²) in [5.41, 5.74) is 4.60. The number of amides is 1. The van der Waals surface area contributed by atoms with Crippen molar-refractivity contribution in [2.75, 3.05) is 40.5 Å². The van der Waals surface area contributed by atoms with E-state index in [1.54, 1.807) is 25.4 Å². The van der Waals surface area contributed by atoms with Gasteiger partial charge in [-0.2, -0.15) is 5.26 Å². The molecule has 0 spiro atoms. The molecule has 2 fully saturated rings. The van der Waals surface area contributed by atoms with Crippen molar-refractivity contribution in [1.29, 1.82) is 5.26 Å². The normalized spacial score (nSPS) is 16.3. The molecule has 0 atom stereocenters. The number of hydrogen-bond acceptors (Lipinski definition) is 8. The SMILES string of the molecule is COc1cc(C(=O)NC2CN(C)C2)ccc1-c1cc2nccc(-c3ccc(OC4CCOCC4)c(C#N)c3)c2o1. The Morgan fingerprint density at radius 1 is 1.07 bits per heavy atom.